The first-order chi connectivity index (χ1) is 5.34. The maximum Gasteiger partial charge on any atom is 0.190 e. The topological polar surface area (TPSA) is 21.6 Å². The Kier molecular flexibility index (Phi) is 2.90. The fraction of sp³-hybridized carbons (Fsp3) is 0.444. The van der Waals surface area contributed by atoms with Crippen molar-refractivity contribution in [2.24, 2.45) is 10.9 Å². The van der Waals surface area contributed by atoms with E-state index in [2.05, 4.69) is 18.0 Å². The van der Waals surface area contributed by atoms with Crippen molar-refractivity contribution < 1.29 is 4.74 Å². The van der Waals surface area contributed by atoms with E-state index in [0.717, 1.165) is 12.4 Å². The monoisotopic (exact) mass is 151 g/mol. The first-order valence-electron chi connectivity index (χ1n) is 3.76. The average molecular weight is 151 g/mol. The Labute approximate surface area is 67.3 Å². The number of rotatable bonds is 0. The van der Waals surface area contributed by atoms with Gasteiger partial charge in [0, 0.05) is 0 Å². The Morgan fingerprint density at radius 2 is 2.36 bits per heavy atom. The van der Waals surface area contributed by atoms with Gasteiger partial charge in [-0.15, -0.1) is 0 Å². The highest BCUT2D eigenvalue weighted by Gasteiger charge is 2.06. The van der Waals surface area contributed by atoms with E-state index in [1.807, 2.05) is 18.2 Å². The molecule has 11 heavy (non-hydrogen) atoms. The van der Waals surface area contributed by atoms with Gasteiger partial charge in [-0.05, 0) is 0 Å². The van der Waals surface area contributed by atoms with Crippen molar-refractivity contribution in [3.05, 3.63) is 24.3 Å². The molecule has 2 heteroatoms. The molecule has 0 saturated heterocycles. The highest BCUT2D eigenvalue weighted by molar-refractivity contribution is 5.80. The molecule has 0 aromatic rings. The van der Waals surface area contributed by atoms with Gasteiger partial charge in [-0.1, -0.05) is 31.2 Å². The van der Waals surface area contributed by atoms with E-state index in [1.54, 1.807) is 7.11 Å². The van der Waals surface area contributed by atoms with E-state index in [4.69, 9.17) is 4.74 Å². The molecule has 1 rings (SSSR count). The highest BCUT2D eigenvalue weighted by atomic mass is 16.5. The summed E-state index contributed by atoms with van der Waals surface area (Å²) in [6.07, 6.45) is 8.10. The van der Waals surface area contributed by atoms with Gasteiger partial charge >= 0.3 is 0 Å². The standard InChI is InChI=1S/C9H13NO/c1-8-6-4-3-5-7-10-9(8)11-2/h3-6,8H,7H2,1-2H3/b5-3-,6-4-,10-9?. The molecular weight excluding hydrogens is 138 g/mol. The molecule has 0 aromatic carbocycles. The zero-order chi connectivity index (χ0) is 8.10. The van der Waals surface area contributed by atoms with Crippen LogP contribution in [0.2, 0.25) is 0 Å². The minimum absolute atomic E-state index is 0.296. The lowest BCUT2D eigenvalue weighted by Crippen LogP contribution is -2.12. The van der Waals surface area contributed by atoms with Crippen LogP contribution in [-0.4, -0.2) is 19.6 Å². The van der Waals surface area contributed by atoms with Gasteiger partial charge in [0.15, 0.2) is 5.90 Å². The summed E-state index contributed by atoms with van der Waals surface area (Å²) < 4.78 is 5.10. The van der Waals surface area contributed by atoms with Gasteiger partial charge in [0.1, 0.15) is 0 Å². The van der Waals surface area contributed by atoms with Crippen LogP contribution in [0, 0.1) is 5.92 Å². The van der Waals surface area contributed by atoms with E-state index < -0.39 is 0 Å². The molecule has 1 atom stereocenters. The number of allylic oxidation sites excluding steroid dienone is 2. The van der Waals surface area contributed by atoms with Gasteiger partial charge in [0.2, 0.25) is 0 Å². The molecule has 0 aromatic heterocycles. The Morgan fingerprint density at radius 3 is 3.09 bits per heavy atom. The Hall–Kier alpha value is -1.05. The lowest BCUT2D eigenvalue weighted by molar-refractivity contribution is 0.379. The molecule has 0 amide bonds. The third-order valence-electron chi connectivity index (χ3n) is 1.60. The maximum atomic E-state index is 5.10. The highest BCUT2D eigenvalue weighted by Crippen LogP contribution is 2.04. The molecule has 1 aliphatic heterocycles. The molecule has 0 aliphatic carbocycles. The minimum atomic E-state index is 0.296. The number of hydrogen-bond donors (Lipinski definition) is 0. The minimum Gasteiger partial charge on any atom is -0.484 e. The van der Waals surface area contributed by atoms with Crippen molar-refractivity contribution in [3.8, 4) is 0 Å². The van der Waals surface area contributed by atoms with Crippen LogP contribution in [0.4, 0.5) is 0 Å². The van der Waals surface area contributed by atoms with Gasteiger partial charge < -0.3 is 4.74 Å². The first kappa shape index (κ1) is 8.05. The summed E-state index contributed by atoms with van der Waals surface area (Å²) >= 11 is 0. The molecular formula is C9H13NO. The van der Waals surface area contributed by atoms with Crippen molar-refractivity contribution in [3.63, 3.8) is 0 Å². The van der Waals surface area contributed by atoms with Crippen LogP contribution in [-0.2, 0) is 4.74 Å². The van der Waals surface area contributed by atoms with Crippen molar-refractivity contribution in [2.75, 3.05) is 13.7 Å². The van der Waals surface area contributed by atoms with Crippen LogP contribution in [0.15, 0.2) is 29.3 Å². The van der Waals surface area contributed by atoms with Gasteiger partial charge in [0.25, 0.3) is 0 Å². The predicted octanol–water partition coefficient (Wildman–Crippen LogP) is 1.79. The SMILES string of the molecule is COC1=NC/C=C\C=C/C1C. The molecule has 0 saturated carbocycles. The van der Waals surface area contributed by atoms with Crippen LogP contribution in [0.1, 0.15) is 6.92 Å². The lowest BCUT2D eigenvalue weighted by atomic mass is 10.1. The molecule has 0 radical (unpaired) electrons. The van der Waals surface area contributed by atoms with Gasteiger partial charge in [0.05, 0.1) is 19.6 Å². The van der Waals surface area contributed by atoms with Crippen LogP contribution in [0.3, 0.4) is 0 Å². The van der Waals surface area contributed by atoms with E-state index in [-0.39, 0.29) is 0 Å². The molecule has 0 spiro atoms. The fourth-order valence-corrected chi connectivity index (χ4v) is 0.990. The van der Waals surface area contributed by atoms with Crippen LogP contribution in [0.25, 0.3) is 0 Å². The number of ether oxygens (including phenoxy) is 1. The van der Waals surface area contributed by atoms with Gasteiger partial charge in [-0.25, -0.2) is 0 Å². The lowest BCUT2D eigenvalue weighted by Gasteiger charge is -2.09. The molecule has 0 N–H and O–H groups in total. The summed E-state index contributed by atoms with van der Waals surface area (Å²) in [6, 6.07) is 0. The zero-order valence-electron chi connectivity index (χ0n) is 6.95. The number of nitrogens with zero attached hydrogens (tertiary/aromatic N) is 1. The van der Waals surface area contributed by atoms with Crippen LogP contribution >= 0.6 is 0 Å². The molecule has 60 valence electrons. The Bertz CT molecular complexity index is 204. The van der Waals surface area contributed by atoms with Crippen LogP contribution in [0.5, 0.6) is 0 Å². The summed E-state index contributed by atoms with van der Waals surface area (Å²) in [4.78, 5) is 4.24. The van der Waals surface area contributed by atoms with Gasteiger partial charge in [-0.3, -0.25) is 4.99 Å². The largest absolute Gasteiger partial charge is 0.484 e. The summed E-state index contributed by atoms with van der Waals surface area (Å²) in [5, 5.41) is 0. The summed E-state index contributed by atoms with van der Waals surface area (Å²) in [6.45, 7) is 2.79. The second-order valence-corrected chi connectivity index (χ2v) is 2.48. The molecule has 2 nitrogen and oxygen atoms in total. The van der Waals surface area contributed by atoms with Gasteiger partial charge in [-0.2, -0.15) is 0 Å². The maximum absolute atomic E-state index is 5.10. The van der Waals surface area contributed by atoms with Crippen molar-refractivity contribution in [1.82, 2.24) is 0 Å². The Morgan fingerprint density at radius 1 is 1.55 bits per heavy atom. The normalized spacial score (nSPS) is 29.6. The molecule has 1 unspecified atom stereocenters. The first-order valence-corrected chi connectivity index (χ1v) is 3.76. The fourth-order valence-electron chi connectivity index (χ4n) is 0.990. The Balaban J connectivity index is 2.75. The van der Waals surface area contributed by atoms with E-state index in [1.165, 1.54) is 0 Å². The third-order valence-corrected chi connectivity index (χ3v) is 1.60. The van der Waals surface area contributed by atoms with Crippen molar-refractivity contribution in [1.29, 1.82) is 0 Å². The summed E-state index contributed by atoms with van der Waals surface area (Å²) in [5.74, 6) is 1.11. The van der Waals surface area contributed by atoms with Crippen molar-refractivity contribution >= 4 is 5.90 Å². The average Bonchev–Trinajstić information content (AvgIpc) is 1.98. The molecule has 1 heterocycles. The number of aliphatic imine (C=N–C) groups is 1. The molecule has 0 bridgehead atoms. The van der Waals surface area contributed by atoms with E-state index in [9.17, 15) is 0 Å². The molecule has 1 aliphatic rings. The molecule has 0 fully saturated rings. The number of hydrogen-bond acceptors (Lipinski definition) is 2. The van der Waals surface area contributed by atoms with Crippen molar-refractivity contribution in [2.45, 2.75) is 6.92 Å². The number of methoxy groups -OCH3 is 1. The van der Waals surface area contributed by atoms with Crippen LogP contribution < -0.4 is 0 Å². The van der Waals surface area contributed by atoms with E-state index >= 15 is 0 Å². The zero-order valence-corrected chi connectivity index (χ0v) is 6.95. The summed E-state index contributed by atoms with van der Waals surface area (Å²) in [5.41, 5.74) is 0. The summed E-state index contributed by atoms with van der Waals surface area (Å²) in [7, 11) is 1.66. The second kappa shape index (κ2) is 3.96. The predicted molar refractivity (Wildman–Crippen MR) is 46.8 cm³/mol. The quantitative estimate of drug-likeness (QED) is 0.517. The second-order valence-electron chi connectivity index (χ2n) is 2.48. The smallest absolute Gasteiger partial charge is 0.190 e. The third kappa shape index (κ3) is 2.22. The van der Waals surface area contributed by atoms with E-state index in [0.29, 0.717) is 5.92 Å².